The van der Waals surface area contributed by atoms with Crippen LogP contribution in [0.1, 0.15) is 68.6 Å². The minimum Gasteiger partial charge on any atom is -0.382 e. The van der Waals surface area contributed by atoms with Crippen LogP contribution in [-0.4, -0.2) is 69.4 Å². The molecule has 38 heavy (non-hydrogen) atoms. The topological polar surface area (TPSA) is 134 Å². The number of carbonyl (C=O) groups excluding carboxylic acids is 2. The first-order chi connectivity index (χ1) is 18.0. The van der Waals surface area contributed by atoms with Crippen LogP contribution in [0.15, 0.2) is 22.5 Å². The quantitative estimate of drug-likeness (QED) is 0.387. The summed E-state index contributed by atoms with van der Waals surface area (Å²) in [5, 5.41) is 4.14. The zero-order valence-corrected chi connectivity index (χ0v) is 23.8. The fourth-order valence-corrected chi connectivity index (χ4v) is 6.09. The lowest BCUT2D eigenvalue weighted by Crippen LogP contribution is -2.50. The number of rotatable bonds is 12. The van der Waals surface area contributed by atoms with Crippen LogP contribution >= 0.6 is 0 Å². The highest BCUT2D eigenvalue weighted by atomic mass is 32.2. The highest BCUT2D eigenvalue weighted by Crippen LogP contribution is 2.32. The second-order valence-electron chi connectivity index (χ2n) is 10.0. The van der Waals surface area contributed by atoms with Crippen LogP contribution < -0.4 is 16.0 Å². The van der Waals surface area contributed by atoms with Crippen molar-refractivity contribution in [3.63, 3.8) is 0 Å². The number of aryl methyl sites for hydroxylation is 2. The fraction of sp³-hybridized carbons (Fsp3) is 0.593. The van der Waals surface area contributed by atoms with Crippen molar-refractivity contribution in [3.8, 4) is 0 Å². The molecule has 10 nitrogen and oxygen atoms in total. The van der Waals surface area contributed by atoms with Crippen LogP contribution in [0.2, 0.25) is 0 Å². The van der Waals surface area contributed by atoms with Gasteiger partial charge in [0.05, 0.1) is 0 Å². The average molecular weight is 548 g/mol. The molecule has 1 spiro atoms. The lowest BCUT2D eigenvalue weighted by molar-refractivity contribution is -0.124. The SMILES string of the molecule is CCOCCCCCCC1=NC2(CCN(S(=O)(=O)C=Cc3c(C)cc(N(C)C(N)=O)cc3C)CC2)C(=O)N1. The molecular formula is C27H41N5O5S. The van der Waals surface area contributed by atoms with E-state index in [2.05, 4.69) is 5.32 Å². The summed E-state index contributed by atoms with van der Waals surface area (Å²) in [5.41, 5.74) is 7.57. The first-order valence-electron chi connectivity index (χ1n) is 13.3. The Balaban J connectivity index is 1.58. The molecule has 2 aliphatic heterocycles. The Morgan fingerprint density at radius 1 is 1.18 bits per heavy atom. The van der Waals surface area contributed by atoms with E-state index in [0.717, 1.165) is 62.0 Å². The van der Waals surface area contributed by atoms with Gasteiger partial charge in [-0.1, -0.05) is 12.8 Å². The van der Waals surface area contributed by atoms with Crippen molar-refractivity contribution in [1.29, 1.82) is 0 Å². The second-order valence-corrected chi connectivity index (χ2v) is 11.9. The minimum atomic E-state index is -3.68. The van der Waals surface area contributed by atoms with Gasteiger partial charge in [0.1, 0.15) is 11.4 Å². The molecule has 3 N–H and O–H groups in total. The Morgan fingerprint density at radius 3 is 2.42 bits per heavy atom. The first kappa shape index (κ1) is 29.8. The van der Waals surface area contributed by atoms with Gasteiger partial charge in [0.15, 0.2) is 0 Å². The monoisotopic (exact) mass is 547 g/mol. The molecule has 0 radical (unpaired) electrons. The second kappa shape index (κ2) is 12.9. The summed E-state index contributed by atoms with van der Waals surface area (Å²) in [6.07, 6.45) is 7.14. The van der Waals surface area contributed by atoms with Gasteiger partial charge in [-0.2, -0.15) is 4.31 Å². The van der Waals surface area contributed by atoms with Gasteiger partial charge < -0.3 is 15.8 Å². The number of ether oxygens (including phenoxy) is 1. The van der Waals surface area contributed by atoms with E-state index < -0.39 is 21.6 Å². The third-order valence-electron chi connectivity index (χ3n) is 7.30. The van der Waals surface area contributed by atoms with Crippen LogP contribution in [0.3, 0.4) is 0 Å². The maximum absolute atomic E-state index is 13.1. The van der Waals surface area contributed by atoms with Gasteiger partial charge in [-0.3, -0.25) is 14.7 Å². The van der Waals surface area contributed by atoms with Crippen LogP contribution in [0.25, 0.3) is 6.08 Å². The van der Waals surface area contributed by atoms with Crippen LogP contribution in [0.5, 0.6) is 0 Å². The molecule has 3 rings (SSSR count). The molecule has 1 fully saturated rings. The van der Waals surface area contributed by atoms with Crippen LogP contribution in [0, 0.1) is 13.8 Å². The zero-order valence-electron chi connectivity index (χ0n) is 23.0. The highest BCUT2D eigenvalue weighted by molar-refractivity contribution is 7.92. The van der Waals surface area contributed by atoms with Gasteiger partial charge >= 0.3 is 6.03 Å². The smallest absolute Gasteiger partial charge is 0.318 e. The summed E-state index contributed by atoms with van der Waals surface area (Å²) >= 11 is 0. The summed E-state index contributed by atoms with van der Waals surface area (Å²) in [7, 11) is -2.10. The standard InChI is InChI=1S/C27H41N5O5S/c1-5-37-16-9-7-6-8-10-24-29-25(33)27(30-24)12-14-32(15-13-27)38(35,36)17-11-23-20(2)18-22(19-21(23)3)31(4)26(28)34/h11,17-19H,5-10,12-16H2,1-4H3,(H2,28,34)(H,29,30,33). The Labute approximate surface area is 226 Å². The predicted molar refractivity (Wildman–Crippen MR) is 151 cm³/mol. The van der Waals surface area contributed by atoms with Gasteiger partial charge in [-0.25, -0.2) is 13.2 Å². The van der Waals surface area contributed by atoms with Crippen molar-refractivity contribution in [1.82, 2.24) is 9.62 Å². The summed E-state index contributed by atoms with van der Waals surface area (Å²) in [6, 6.07) is 3.02. The van der Waals surface area contributed by atoms with Gasteiger partial charge in [0.2, 0.25) is 10.0 Å². The number of hydrogen-bond donors (Lipinski definition) is 2. The third-order valence-corrected chi connectivity index (χ3v) is 8.86. The molecule has 210 valence electrons. The third kappa shape index (κ3) is 7.21. The van der Waals surface area contributed by atoms with E-state index in [4.69, 9.17) is 15.5 Å². The van der Waals surface area contributed by atoms with Crippen molar-refractivity contribution in [2.24, 2.45) is 10.7 Å². The van der Waals surface area contributed by atoms with E-state index in [1.807, 2.05) is 20.8 Å². The van der Waals surface area contributed by atoms with Crippen molar-refractivity contribution in [2.45, 2.75) is 71.3 Å². The molecule has 2 aliphatic rings. The number of hydrogen-bond acceptors (Lipinski definition) is 6. The number of urea groups is 1. The molecule has 1 aromatic rings. The number of amidine groups is 1. The number of nitrogens with one attached hydrogen (secondary N) is 1. The highest BCUT2D eigenvalue weighted by Gasteiger charge is 2.46. The Morgan fingerprint density at radius 2 is 1.82 bits per heavy atom. The molecule has 0 atom stereocenters. The Hall–Kier alpha value is -2.76. The molecule has 3 amide bonds. The molecule has 0 bridgehead atoms. The lowest BCUT2D eigenvalue weighted by atomic mass is 9.89. The number of nitrogens with zero attached hydrogens (tertiary/aromatic N) is 3. The summed E-state index contributed by atoms with van der Waals surface area (Å²) < 4.78 is 32.9. The number of nitrogens with two attached hydrogens (primary N) is 1. The predicted octanol–water partition coefficient (Wildman–Crippen LogP) is 3.47. The number of unbranched alkanes of at least 4 members (excludes halogenated alkanes) is 3. The van der Waals surface area contributed by atoms with E-state index in [-0.39, 0.29) is 19.0 Å². The van der Waals surface area contributed by atoms with Gasteiger partial charge in [0.25, 0.3) is 5.91 Å². The molecule has 1 aromatic carbocycles. The average Bonchev–Trinajstić information content (AvgIpc) is 3.16. The number of piperidine rings is 1. The zero-order chi connectivity index (χ0) is 27.9. The number of carbonyl (C=O) groups is 2. The fourth-order valence-electron chi connectivity index (χ4n) is 4.92. The summed E-state index contributed by atoms with van der Waals surface area (Å²) in [4.78, 5) is 30.3. The minimum absolute atomic E-state index is 0.122. The molecule has 1 saturated heterocycles. The first-order valence-corrected chi connectivity index (χ1v) is 14.8. The van der Waals surface area contributed by atoms with Gasteiger partial charge in [-0.15, -0.1) is 0 Å². The molecule has 11 heteroatoms. The Kier molecular flexibility index (Phi) is 10.1. The van der Waals surface area contributed by atoms with E-state index in [1.54, 1.807) is 25.3 Å². The number of sulfonamides is 1. The van der Waals surface area contributed by atoms with Gasteiger partial charge in [-0.05, 0) is 81.4 Å². The number of amides is 3. The number of benzene rings is 1. The van der Waals surface area contributed by atoms with Crippen LogP contribution in [-0.2, 0) is 19.6 Å². The largest absolute Gasteiger partial charge is 0.382 e. The van der Waals surface area contributed by atoms with E-state index >= 15 is 0 Å². The molecular weight excluding hydrogens is 506 g/mol. The number of aliphatic imine (C=N–C) groups is 1. The molecule has 0 unspecified atom stereocenters. The van der Waals surface area contributed by atoms with Crippen LogP contribution in [0.4, 0.5) is 10.5 Å². The lowest BCUT2D eigenvalue weighted by Gasteiger charge is -2.34. The number of primary amides is 1. The molecule has 0 aliphatic carbocycles. The van der Waals surface area contributed by atoms with Crippen molar-refractivity contribution in [2.75, 3.05) is 38.3 Å². The van der Waals surface area contributed by atoms with E-state index in [0.29, 0.717) is 24.4 Å². The van der Waals surface area contributed by atoms with E-state index in [1.165, 1.54) is 14.6 Å². The summed E-state index contributed by atoms with van der Waals surface area (Å²) in [6.45, 7) is 7.69. The number of anilines is 1. The van der Waals surface area contributed by atoms with Crippen molar-refractivity contribution >= 4 is 39.6 Å². The normalized spacial score (nSPS) is 17.7. The molecule has 2 heterocycles. The van der Waals surface area contributed by atoms with Gasteiger partial charge in [0, 0.05) is 50.9 Å². The van der Waals surface area contributed by atoms with Crippen molar-refractivity contribution in [3.05, 3.63) is 34.2 Å². The Bertz CT molecular complexity index is 1160. The molecule has 0 aromatic heterocycles. The maximum atomic E-state index is 13.1. The maximum Gasteiger partial charge on any atom is 0.318 e. The van der Waals surface area contributed by atoms with Crippen molar-refractivity contribution < 1.29 is 22.7 Å². The molecule has 0 saturated carbocycles. The van der Waals surface area contributed by atoms with E-state index in [9.17, 15) is 18.0 Å². The summed E-state index contributed by atoms with van der Waals surface area (Å²) in [5.74, 6) is 0.594.